The average Bonchev–Trinajstić information content (AvgIpc) is 2.75. The van der Waals surface area contributed by atoms with Gasteiger partial charge in [0.25, 0.3) is 0 Å². The average molecular weight is 447 g/mol. The van der Waals surface area contributed by atoms with Crippen LogP contribution < -0.4 is 0 Å². The molecule has 3 aromatic carbocycles. The van der Waals surface area contributed by atoms with E-state index in [4.69, 9.17) is 4.74 Å². The number of phenols is 2. The molecule has 2 atom stereocenters. The molecule has 0 heterocycles. The minimum absolute atomic E-state index is 0.0506. The van der Waals surface area contributed by atoms with E-state index in [0.717, 1.165) is 15.4 Å². The van der Waals surface area contributed by atoms with Gasteiger partial charge in [-0.15, -0.1) is 0 Å². The lowest BCUT2D eigenvalue weighted by molar-refractivity contribution is -0.137. The van der Waals surface area contributed by atoms with Gasteiger partial charge >= 0.3 is 5.97 Å². The van der Waals surface area contributed by atoms with E-state index >= 15 is 0 Å². The van der Waals surface area contributed by atoms with Crippen LogP contribution in [-0.2, 0) is 16.0 Å². The smallest absolute Gasteiger partial charge is 0.307 e. The molecule has 0 bridgehead atoms. The first-order valence-corrected chi connectivity index (χ1v) is 11.4. The number of carbonyl (C=O) groups is 2. The molecule has 162 valence electrons. The molecule has 6 heteroatoms. The standard InChI is InChI=1S/C26H22O5S/c1-14(27)31-21-13-19-16(12-22(21)32-18-7-3-2-4-8-18)11-17-10-15-6-5-9-20(28)23(15)26(30)24(17)25(19)29/h2-10,16,19,28,30H,11-13H2,1H3/t16-,19+/m1/s1. The normalized spacial score (nSPS) is 20.1. The largest absolute Gasteiger partial charge is 0.507 e. The van der Waals surface area contributed by atoms with Crippen molar-refractivity contribution >= 4 is 34.3 Å². The highest BCUT2D eigenvalue weighted by atomic mass is 32.2. The van der Waals surface area contributed by atoms with Gasteiger partial charge in [0.05, 0.1) is 10.9 Å². The van der Waals surface area contributed by atoms with E-state index in [1.54, 1.807) is 17.8 Å². The van der Waals surface area contributed by atoms with Crippen molar-refractivity contribution in [2.24, 2.45) is 11.8 Å². The molecule has 0 spiro atoms. The van der Waals surface area contributed by atoms with E-state index in [1.165, 1.54) is 13.0 Å². The minimum atomic E-state index is -0.410. The molecule has 0 fully saturated rings. The van der Waals surface area contributed by atoms with Gasteiger partial charge in [-0.3, -0.25) is 9.59 Å². The number of ether oxygens (including phenoxy) is 1. The van der Waals surface area contributed by atoms with Gasteiger partial charge in [-0.1, -0.05) is 48.2 Å². The second-order valence-electron chi connectivity index (χ2n) is 8.33. The zero-order valence-corrected chi connectivity index (χ0v) is 18.3. The number of ketones is 1. The summed E-state index contributed by atoms with van der Waals surface area (Å²) in [6.07, 6.45) is 1.57. The maximum Gasteiger partial charge on any atom is 0.307 e. The molecule has 0 radical (unpaired) electrons. The number of phenolic OH excluding ortho intramolecular Hbond substituents is 2. The van der Waals surface area contributed by atoms with Crippen molar-refractivity contribution in [1.82, 2.24) is 0 Å². The number of aromatic hydroxyl groups is 2. The van der Waals surface area contributed by atoms with Gasteiger partial charge in [0, 0.05) is 29.1 Å². The van der Waals surface area contributed by atoms with Gasteiger partial charge in [0.1, 0.15) is 17.3 Å². The number of hydrogen-bond acceptors (Lipinski definition) is 6. The lowest BCUT2D eigenvalue weighted by atomic mass is 9.69. The van der Waals surface area contributed by atoms with E-state index < -0.39 is 5.97 Å². The summed E-state index contributed by atoms with van der Waals surface area (Å²) in [4.78, 5) is 27.3. The molecule has 32 heavy (non-hydrogen) atoms. The molecular weight excluding hydrogens is 424 g/mol. The molecule has 0 amide bonds. The van der Waals surface area contributed by atoms with Crippen LogP contribution in [0.3, 0.4) is 0 Å². The Balaban J connectivity index is 1.55. The summed E-state index contributed by atoms with van der Waals surface area (Å²) in [6.45, 7) is 1.36. The molecule has 0 saturated carbocycles. The molecule has 3 aromatic rings. The van der Waals surface area contributed by atoms with Gasteiger partial charge < -0.3 is 14.9 Å². The van der Waals surface area contributed by atoms with Crippen LogP contribution in [0.2, 0.25) is 0 Å². The van der Waals surface area contributed by atoms with Crippen molar-refractivity contribution in [2.75, 3.05) is 0 Å². The predicted molar refractivity (Wildman–Crippen MR) is 123 cm³/mol. The highest BCUT2D eigenvalue weighted by Crippen LogP contribution is 2.50. The van der Waals surface area contributed by atoms with Crippen LogP contribution in [0.4, 0.5) is 0 Å². The molecule has 0 unspecified atom stereocenters. The van der Waals surface area contributed by atoms with E-state index in [2.05, 4.69) is 0 Å². The highest BCUT2D eigenvalue weighted by molar-refractivity contribution is 8.03. The number of carbonyl (C=O) groups excluding carboxylic acids is 2. The maximum atomic E-state index is 13.5. The number of allylic oxidation sites excluding steroid dienone is 2. The van der Waals surface area contributed by atoms with Gasteiger partial charge in [-0.2, -0.15) is 0 Å². The third-order valence-electron chi connectivity index (χ3n) is 6.25. The summed E-state index contributed by atoms with van der Waals surface area (Å²) < 4.78 is 5.55. The first-order valence-electron chi connectivity index (χ1n) is 10.6. The monoisotopic (exact) mass is 446 g/mol. The number of esters is 1. The van der Waals surface area contributed by atoms with Gasteiger partial charge in [0.15, 0.2) is 5.78 Å². The first-order chi connectivity index (χ1) is 15.4. The molecule has 2 N–H and O–H groups in total. The second-order valence-corrected chi connectivity index (χ2v) is 9.50. The molecule has 0 aliphatic heterocycles. The Bertz CT molecular complexity index is 1280. The van der Waals surface area contributed by atoms with Crippen LogP contribution in [0.1, 0.15) is 35.7 Å². The molecule has 2 aliphatic rings. The number of thioether (sulfide) groups is 1. The van der Waals surface area contributed by atoms with Crippen LogP contribution in [0.5, 0.6) is 11.5 Å². The molecule has 5 nitrogen and oxygen atoms in total. The Kier molecular flexibility index (Phi) is 5.18. The fourth-order valence-electron chi connectivity index (χ4n) is 4.87. The number of Topliss-reactive ketones (excluding diaryl/α,β-unsaturated/α-hetero) is 1. The molecule has 2 aliphatic carbocycles. The van der Waals surface area contributed by atoms with Crippen molar-refractivity contribution in [3.8, 4) is 11.5 Å². The van der Waals surface area contributed by atoms with Crippen molar-refractivity contribution in [1.29, 1.82) is 0 Å². The maximum absolute atomic E-state index is 13.5. The summed E-state index contributed by atoms with van der Waals surface area (Å²) in [5.41, 5.74) is 1.08. The number of rotatable bonds is 3. The Labute approximate surface area is 189 Å². The van der Waals surface area contributed by atoms with Crippen LogP contribution in [-0.4, -0.2) is 22.0 Å². The van der Waals surface area contributed by atoms with Crippen LogP contribution in [0, 0.1) is 11.8 Å². The van der Waals surface area contributed by atoms with Crippen molar-refractivity contribution in [2.45, 2.75) is 31.1 Å². The molecule has 0 saturated heterocycles. The molecule has 0 aromatic heterocycles. The summed E-state index contributed by atoms with van der Waals surface area (Å²) in [5, 5.41) is 22.2. The fourth-order valence-corrected chi connectivity index (χ4v) is 5.99. The summed E-state index contributed by atoms with van der Waals surface area (Å²) in [6, 6.07) is 16.8. The van der Waals surface area contributed by atoms with Crippen molar-refractivity contribution < 1.29 is 24.5 Å². The second kappa shape index (κ2) is 8.02. The van der Waals surface area contributed by atoms with Crippen LogP contribution >= 0.6 is 11.8 Å². The summed E-state index contributed by atoms with van der Waals surface area (Å²) in [5.74, 6) is -0.585. The zero-order valence-electron chi connectivity index (χ0n) is 17.5. The fraction of sp³-hybridized carbons (Fsp3) is 0.231. The van der Waals surface area contributed by atoms with E-state index in [1.807, 2.05) is 42.5 Å². The van der Waals surface area contributed by atoms with Crippen LogP contribution in [0.15, 0.2) is 70.2 Å². The topological polar surface area (TPSA) is 83.8 Å². The zero-order chi connectivity index (χ0) is 22.4. The SMILES string of the molecule is CC(=O)OC1=C(Sc2ccccc2)C[C@H]2Cc3cc4cccc(O)c4c(O)c3C(=O)[C@H]2C1. The third-order valence-corrected chi connectivity index (χ3v) is 7.40. The lowest BCUT2D eigenvalue weighted by Gasteiger charge is -2.37. The Morgan fingerprint density at radius 3 is 2.56 bits per heavy atom. The molecule has 5 rings (SSSR count). The van der Waals surface area contributed by atoms with Gasteiger partial charge in [0.2, 0.25) is 0 Å². The van der Waals surface area contributed by atoms with Gasteiger partial charge in [-0.25, -0.2) is 0 Å². The Morgan fingerprint density at radius 1 is 1.03 bits per heavy atom. The summed E-state index contributed by atoms with van der Waals surface area (Å²) in [7, 11) is 0. The first kappa shape index (κ1) is 20.6. The number of benzene rings is 3. The third kappa shape index (κ3) is 3.54. The lowest BCUT2D eigenvalue weighted by Crippen LogP contribution is -2.35. The van der Waals surface area contributed by atoms with Crippen molar-refractivity contribution in [3.05, 3.63) is 76.4 Å². The Hall–Kier alpha value is -3.25. The number of fused-ring (bicyclic) bond motifs is 3. The summed E-state index contributed by atoms with van der Waals surface area (Å²) >= 11 is 1.57. The van der Waals surface area contributed by atoms with Crippen molar-refractivity contribution in [3.63, 3.8) is 0 Å². The van der Waals surface area contributed by atoms with Crippen LogP contribution in [0.25, 0.3) is 10.8 Å². The number of hydrogen-bond donors (Lipinski definition) is 2. The Morgan fingerprint density at radius 2 is 1.81 bits per heavy atom. The minimum Gasteiger partial charge on any atom is -0.507 e. The highest BCUT2D eigenvalue weighted by Gasteiger charge is 2.42. The van der Waals surface area contributed by atoms with E-state index in [-0.39, 0.29) is 34.7 Å². The quantitative estimate of drug-likeness (QED) is 0.511. The van der Waals surface area contributed by atoms with E-state index in [0.29, 0.717) is 35.8 Å². The van der Waals surface area contributed by atoms with E-state index in [9.17, 15) is 19.8 Å². The predicted octanol–water partition coefficient (Wildman–Crippen LogP) is 5.58. The van der Waals surface area contributed by atoms with Gasteiger partial charge in [-0.05, 0) is 47.9 Å². The molecular formula is C26H22O5S.